The highest BCUT2D eigenvalue weighted by Gasteiger charge is 2.33. The Balaban J connectivity index is 1.88. The highest BCUT2D eigenvalue weighted by Crippen LogP contribution is 2.32. The second-order valence-electron chi connectivity index (χ2n) is 8.13. The fourth-order valence-corrected chi connectivity index (χ4v) is 5.11. The second-order valence-corrected chi connectivity index (χ2v) is 9.14. The first kappa shape index (κ1) is 26.0. The van der Waals surface area contributed by atoms with E-state index in [1.165, 1.54) is 28.0 Å². The van der Waals surface area contributed by atoms with E-state index in [9.17, 15) is 14.7 Å². The molecule has 0 saturated heterocycles. The lowest BCUT2D eigenvalue weighted by Crippen LogP contribution is -2.39. The molecule has 8 nitrogen and oxygen atoms in total. The van der Waals surface area contributed by atoms with Crippen molar-refractivity contribution in [2.75, 3.05) is 19.8 Å². The van der Waals surface area contributed by atoms with Crippen molar-refractivity contribution in [3.63, 3.8) is 0 Å². The monoisotopic (exact) mass is 520 g/mol. The number of carbonyl (C=O) groups excluding carboxylic acids is 1. The average molecular weight is 521 g/mol. The van der Waals surface area contributed by atoms with Gasteiger partial charge in [0.1, 0.15) is 12.4 Å². The molecule has 0 bridgehead atoms. The van der Waals surface area contributed by atoms with E-state index in [0.717, 1.165) is 5.56 Å². The third kappa shape index (κ3) is 5.36. The summed E-state index contributed by atoms with van der Waals surface area (Å²) in [5.74, 6) is 0.482. The molecule has 1 aliphatic heterocycles. The van der Waals surface area contributed by atoms with Crippen molar-refractivity contribution in [3.8, 4) is 17.2 Å². The maximum Gasteiger partial charge on any atom is 0.338 e. The van der Waals surface area contributed by atoms with Crippen molar-refractivity contribution in [3.05, 3.63) is 97.2 Å². The largest absolute Gasteiger partial charge is 0.504 e. The van der Waals surface area contributed by atoms with Gasteiger partial charge in [-0.15, -0.1) is 0 Å². The Morgan fingerprint density at radius 1 is 1.16 bits per heavy atom. The quantitative estimate of drug-likeness (QED) is 0.343. The first-order chi connectivity index (χ1) is 17.9. The summed E-state index contributed by atoms with van der Waals surface area (Å²) in [4.78, 5) is 31.9. The number of esters is 1. The zero-order valence-electron chi connectivity index (χ0n) is 20.9. The molecule has 1 aliphatic rings. The van der Waals surface area contributed by atoms with Crippen molar-refractivity contribution in [2.45, 2.75) is 26.8 Å². The minimum absolute atomic E-state index is 0.0225. The molecule has 1 aromatic heterocycles. The van der Waals surface area contributed by atoms with Crippen LogP contribution in [0.15, 0.2) is 76.2 Å². The molecule has 0 fully saturated rings. The van der Waals surface area contributed by atoms with Gasteiger partial charge in [0, 0.05) is 0 Å². The van der Waals surface area contributed by atoms with Gasteiger partial charge in [-0.25, -0.2) is 9.79 Å². The molecule has 1 unspecified atom stereocenters. The predicted octanol–water partition coefficient (Wildman–Crippen LogP) is 3.47. The number of rotatable bonds is 9. The normalized spacial score (nSPS) is 15.1. The van der Waals surface area contributed by atoms with Gasteiger partial charge in [-0.2, -0.15) is 0 Å². The van der Waals surface area contributed by atoms with Gasteiger partial charge >= 0.3 is 5.97 Å². The molecule has 0 aliphatic carbocycles. The van der Waals surface area contributed by atoms with E-state index >= 15 is 0 Å². The van der Waals surface area contributed by atoms with Gasteiger partial charge in [0.15, 0.2) is 16.3 Å². The van der Waals surface area contributed by atoms with Crippen molar-refractivity contribution >= 4 is 23.4 Å². The van der Waals surface area contributed by atoms with E-state index in [4.69, 9.17) is 14.2 Å². The van der Waals surface area contributed by atoms with Crippen LogP contribution in [0.2, 0.25) is 0 Å². The van der Waals surface area contributed by atoms with Crippen molar-refractivity contribution in [1.29, 1.82) is 0 Å². The Morgan fingerprint density at radius 2 is 1.89 bits per heavy atom. The molecule has 0 spiro atoms. The molecule has 9 heteroatoms. The summed E-state index contributed by atoms with van der Waals surface area (Å²) in [6.45, 7) is 10.0. The number of aromatic nitrogens is 1. The molecule has 0 amide bonds. The molecule has 1 N–H and O–H groups in total. The first-order valence-electron chi connectivity index (χ1n) is 11.9. The average Bonchev–Trinajstić information content (AvgIpc) is 3.18. The van der Waals surface area contributed by atoms with Crippen LogP contribution in [0.25, 0.3) is 6.08 Å². The van der Waals surface area contributed by atoms with Crippen LogP contribution in [-0.2, 0) is 9.53 Å². The molecule has 3 aromatic rings. The number of fused-ring (bicyclic) bond motifs is 1. The third-order valence-corrected chi connectivity index (χ3v) is 6.65. The van der Waals surface area contributed by atoms with E-state index in [1.54, 1.807) is 25.1 Å². The number of nitrogens with zero attached hydrogens (tertiary/aromatic N) is 2. The Bertz CT molecular complexity index is 1530. The van der Waals surface area contributed by atoms with E-state index < -0.39 is 12.0 Å². The summed E-state index contributed by atoms with van der Waals surface area (Å²) in [6, 6.07) is 11.4. The van der Waals surface area contributed by atoms with E-state index in [2.05, 4.69) is 11.6 Å². The molecular formula is C28H28N2O6S. The van der Waals surface area contributed by atoms with Crippen LogP contribution in [0.5, 0.6) is 17.2 Å². The van der Waals surface area contributed by atoms with Crippen LogP contribution in [0.4, 0.5) is 0 Å². The number of thiazole rings is 1. The van der Waals surface area contributed by atoms with Gasteiger partial charge in [-0.3, -0.25) is 9.36 Å². The van der Waals surface area contributed by atoms with E-state index in [1.807, 2.05) is 38.1 Å². The molecule has 0 saturated carbocycles. The smallest absolute Gasteiger partial charge is 0.338 e. The van der Waals surface area contributed by atoms with Crippen LogP contribution >= 0.6 is 11.3 Å². The molecule has 1 atom stereocenters. The number of phenols is 1. The van der Waals surface area contributed by atoms with E-state index in [0.29, 0.717) is 45.3 Å². The van der Waals surface area contributed by atoms with Crippen molar-refractivity contribution < 1.29 is 24.1 Å². The summed E-state index contributed by atoms with van der Waals surface area (Å²) in [5, 5.41) is 10.0. The topological polar surface area (TPSA) is 99.4 Å². The molecule has 4 rings (SSSR count). The van der Waals surface area contributed by atoms with Crippen LogP contribution in [0, 0.1) is 0 Å². The van der Waals surface area contributed by atoms with Gasteiger partial charge in [-0.1, -0.05) is 42.2 Å². The highest BCUT2D eigenvalue weighted by atomic mass is 32.1. The van der Waals surface area contributed by atoms with Gasteiger partial charge in [0.2, 0.25) is 0 Å². The molecular weight excluding hydrogens is 492 g/mol. The Labute approximate surface area is 218 Å². The summed E-state index contributed by atoms with van der Waals surface area (Å²) in [7, 11) is 0. The fraction of sp³-hybridized carbons (Fsp3) is 0.250. The number of allylic oxidation sites excluding steroid dienone is 1. The summed E-state index contributed by atoms with van der Waals surface area (Å²) in [5.41, 5.74) is 1.87. The number of carbonyl (C=O) groups is 1. The lowest BCUT2D eigenvalue weighted by atomic mass is 9.96. The van der Waals surface area contributed by atoms with Gasteiger partial charge in [0.25, 0.3) is 5.56 Å². The minimum atomic E-state index is -0.731. The fourth-order valence-electron chi connectivity index (χ4n) is 4.07. The van der Waals surface area contributed by atoms with E-state index in [-0.39, 0.29) is 23.5 Å². The molecule has 37 heavy (non-hydrogen) atoms. The maximum absolute atomic E-state index is 13.7. The number of aromatic hydroxyl groups is 1. The van der Waals surface area contributed by atoms with Gasteiger partial charge < -0.3 is 19.3 Å². The van der Waals surface area contributed by atoms with Crippen LogP contribution in [0.3, 0.4) is 0 Å². The summed E-state index contributed by atoms with van der Waals surface area (Å²) in [6.07, 6.45) is 3.21. The second kappa shape index (κ2) is 11.3. The molecule has 0 radical (unpaired) electrons. The lowest BCUT2D eigenvalue weighted by molar-refractivity contribution is -0.138. The SMILES string of the molecule is C=CCOC(=O)C1=C(C)N=c2sc(=Cc3ccc(O)c(OCC)c3)c(=O)n2C1c1ccc(OCC)cc1. The number of benzene rings is 2. The lowest BCUT2D eigenvalue weighted by Gasteiger charge is -2.24. The number of hydrogen-bond acceptors (Lipinski definition) is 8. The van der Waals surface area contributed by atoms with Crippen LogP contribution < -0.4 is 24.4 Å². The van der Waals surface area contributed by atoms with Crippen molar-refractivity contribution in [1.82, 2.24) is 4.57 Å². The van der Waals surface area contributed by atoms with Crippen LogP contribution in [0.1, 0.15) is 37.9 Å². The minimum Gasteiger partial charge on any atom is -0.504 e. The Morgan fingerprint density at radius 3 is 2.57 bits per heavy atom. The number of hydrogen-bond donors (Lipinski definition) is 1. The van der Waals surface area contributed by atoms with Crippen molar-refractivity contribution in [2.24, 2.45) is 4.99 Å². The summed E-state index contributed by atoms with van der Waals surface area (Å²) < 4.78 is 18.3. The standard InChI is InChI=1S/C28H28N2O6S/c1-5-14-36-27(33)24-17(4)29-28-30(25(24)19-9-11-20(12-10-19)34-6-2)26(32)23(37-28)16-18-8-13-21(31)22(15-18)35-7-3/h5,8-13,15-16,25,31H,1,6-7,14H2,2-4H3. The predicted molar refractivity (Wildman–Crippen MR) is 142 cm³/mol. The highest BCUT2D eigenvalue weighted by molar-refractivity contribution is 7.07. The molecule has 192 valence electrons. The third-order valence-electron chi connectivity index (χ3n) is 5.66. The Hall–Kier alpha value is -4.11. The summed E-state index contributed by atoms with van der Waals surface area (Å²) >= 11 is 1.22. The zero-order chi connectivity index (χ0) is 26.5. The van der Waals surface area contributed by atoms with Crippen LogP contribution in [-0.4, -0.2) is 35.5 Å². The number of phenolic OH excluding ortho intramolecular Hbond substituents is 1. The Kier molecular flexibility index (Phi) is 7.93. The molecule has 2 aromatic carbocycles. The first-order valence-corrected chi connectivity index (χ1v) is 12.7. The number of ether oxygens (including phenoxy) is 3. The zero-order valence-corrected chi connectivity index (χ0v) is 21.7. The van der Waals surface area contributed by atoms with Gasteiger partial charge in [-0.05, 0) is 62.2 Å². The molecule has 2 heterocycles. The maximum atomic E-state index is 13.7. The van der Waals surface area contributed by atoms with Gasteiger partial charge in [0.05, 0.1) is 35.1 Å².